The maximum absolute atomic E-state index is 11.6. The van der Waals surface area contributed by atoms with Crippen molar-refractivity contribution in [1.82, 2.24) is 0 Å². The van der Waals surface area contributed by atoms with Crippen LogP contribution in [0.2, 0.25) is 0 Å². The lowest BCUT2D eigenvalue weighted by Gasteiger charge is -2.10. The van der Waals surface area contributed by atoms with Gasteiger partial charge >= 0.3 is 5.97 Å². The van der Waals surface area contributed by atoms with Crippen LogP contribution in [0.15, 0.2) is 8.48 Å². The van der Waals surface area contributed by atoms with Crippen LogP contribution < -0.4 is 0 Å². The molecule has 4 heteroatoms. The lowest BCUT2D eigenvalue weighted by Crippen LogP contribution is -2.05. The van der Waals surface area contributed by atoms with Gasteiger partial charge in [0.05, 0.1) is 13.0 Å². The quantitative estimate of drug-likeness (QED) is 0.220. The minimum absolute atomic E-state index is 0.0892. The van der Waals surface area contributed by atoms with E-state index < -0.39 is 0 Å². The van der Waals surface area contributed by atoms with E-state index in [1.807, 2.05) is 6.92 Å². The minimum atomic E-state index is -0.0892. The van der Waals surface area contributed by atoms with Gasteiger partial charge in [0.2, 0.25) is 0 Å². The summed E-state index contributed by atoms with van der Waals surface area (Å²) in [5.41, 5.74) is 1.25. The maximum atomic E-state index is 11.6. The van der Waals surface area contributed by atoms with Crippen molar-refractivity contribution in [3.63, 3.8) is 0 Å². The zero-order chi connectivity index (χ0) is 15.2. The number of thioether (sulfide) groups is 1. The van der Waals surface area contributed by atoms with Gasteiger partial charge in [-0.3, -0.25) is 4.79 Å². The van der Waals surface area contributed by atoms with E-state index in [1.165, 1.54) is 53.4 Å². The van der Waals surface area contributed by atoms with Gasteiger partial charge in [-0.1, -0.05) is 45.4 Å². The van der Waals surface area contributed by atoms with Gasteiger partial charge in [0.15, 0.2) is 0 Å². The van der Waals surface area contributed by atoms with Crippen molar-refractivity contribution in [2.45, 2.75) is 71.6 Å². The predicted molar refractivity (Wildman–Crippen MR) is 98.4 cm³/mol. The second kappa shape index (κ2) is 14.2. The molecule has 0 aromatic rings. The highest BCUT2D eigenvalue weighted by atomic mass is 127. The van der Waals surface area contributed by atoms with Gasteiger partial charge in [-0.15, -0.1) is 11.8 Å². The van der Waals surface area contributed by atoms with Crippen molar-refractivity contribution in [2.75, 3.05) is 12.9 Å². The van der Waals surface area contributed by atoms with Crippen LogP contribution in [0, 0.1) is 0 Å². The Balaban J connectivity index is 3.98. The standard InChI is InChI=1S/C16H29IO2S/c1-4-6-7-8-9-10-11-12-14(16(17)20-3)13-15(18)19-5-2/h4-13H2,1-3H3/b16-14+. The molecule has 0 aromatic carbocycles. The maximum Gasteiger partial charge on any atom is 0.309 e. The molecule has 0 saturated heterocycles. The lowest BCUT2D eigenvalue weighted by atomic mass is 10.0. The third-order valence-electron chi connectivity index (χ3n) is 3.20. The van der Waals surface area contributed by atoms with Crippen molar-refractivity contribution in [3.05, 3.63) is 8.48 Å². The molecule has 0 atom stereocenters. The fourth-order valence-corrected chi connectivity index (χ4v) is 3.01. The number of carbonyl (C=O) groups is 1. The number of carbonyl (C=O) groups excluding carboxylic acids is 1. The van der Waals surface area contributed by atoms with Crippen LogP contribution in [-0.2, 0) is 9.53 Å². The molecule has 0 aliphatic carbocycles. The number of esters is 1. The molecule has 0 rings (SSSR count). The van der Waals surface area contributed by atoms with Gasteiger partial charge in [-0.2, -0.15) is 0 Å². The third-order valence-corrected chi connectivity index (χ3v) is 5.93. The molecule has 0 spiro atoms. The lowest BCUT2D eigenvalue weighted by molar-refractivity contribution is -0.142. The molecule has 0 radical (unpaired) electrons. The van der Waals surface area contributed by atoms with E-state index >= 15 is 0 Å². The predicted octanol–water partition coefficient (Wildman–Crippen LogP) is 6.09. The molecule has 0 unspecified atom stereocenters. The highest BCUT2D eigenvalue weighted by molar-refractivity contribution is 14.1. The summed E-state index contributed by atoms with van der Waals surface area (Å²) in [6.07, 6.45) is 12.7. The first kappa shape index (κ1) is 20.3. The molecule has 0 N–H and O–H groups in total. The summed E-state index contributed by atoms with van der Waals surface area (Å²) in [6, 6.07) is 0. The van der Waals surface area contributed by atoms with E-state index in [1.54, 1.807) is 11.8 Å². The van der Waals surface area contributed by atoms with Gasteiger partial charge in [-0.25, -0.2) is 0 Å². The molecule has 118 valence electrons. The first-order chi connectivity index (χ1) is 9.65. The second-order valence-corrected chi connectivity index (χ2v) is 7.56. The summed E-state index contributed by atoms with van der Waals surface area (Å²) in [7, 11) is 0. The van der Waals surface area contributed by atoms with Crippen molar-refractivity contribution in [2.24, 2.45) is 0 Å². The molecular formula is C16H29IO2S. The zero-order valence-corrected chi connectivity index (χ0v) is 16.1. The highest BCUT2D eigenvalue weighted by Crippen LogP contribution is 2.30. The Bertz CT molecular complexity index is 290. The zero-order valence-electron chi connectivity index (χ0n) is 13.2. The molecule has 0 bridgehead atoms. The SMILES string of the molecule is CCCCCCCCC/C(CC(=O)OCC)=C(/I)SC. The fourth-order valence-electron chi connectivity index (χ4n) is 2.08. The van der Waals surface area contributed by atoms with Crippen molar-refractivity contribution < 1.29 is 9.53 Å². The molecule has 0 aliphatic heterocycles. The first-order valence-electron chi connectivity index (χ1n) is 7.72. The van der Waals surface area contributed by atoms with Crippen molar-refractivity contribution in [1.29, 1.82) is 0 Å². The smallest absolute Gasteiger partial charge is 0.309 e. The van der Waals surface area contributed by atoms with E-state index in [9.17, 15) is 4.79 Å². The number of hydrogen-bond acceptors (Lipinski definition) is 3. The largest absolute Gasteiger partial charge is 0.466 e. The molecule has 0 aromatic heterocycles. The molecule has 20 heavy (non-hydrogen) atoms. The molecule has 2 nitrogen and oxygen atoms in total. The van der Waals surface area contributed by atoms with Crippen LogP contribution in [0.5, 0.6) is 0 Å². The summed E-state index contributed by atoms with van der Waals surface area (Å²) in [5, 5.41) is 0. The Labute approximate surface area is 142 Å². The average Bonchev–Trinajstić information content (AvgIpc) is 2.44. The molecular weight excluding hydrogens is 383 g/mol. The van der Waals surface area contributed by atoms with Gasteiger partial charge in [0, 0.05) is 2.91 Å². The van der Waals surface area contributed by atoms with Crippen LogP contribution >= 0.6 is 34.4 Å². The van der Waals surface area contributed by atoms with Crippen LogP contribution in [0.25, 0.3) is 0 Å². The molecule has 0 heterocycles. The van der Waals surface area contributed by atoms with Gasteiger partial charge in [-0.05, 0) is 54.2 Å². The third kappa shape index (κ3) is 11.0. The van der Waals surface area contributed by atoms with Crippen molar-refractivity contribution >= 4 is 40.3 Å². The van der Waals surface area contributed by atoms with Gasteiger partial charge in [0.25, 0.3) is 0 Å². The van der Waals surface area contributed by atoms with Crippen LogP contribution in [0.1, 0.15) is 71.6 Å². The molecule has 0 aliphatic rings. The van der Waals surface area contributed by atoms with E-state index in [2.05, 4.69) is 35.8 Å². The summed E-state index contributed by atoms with van der Waals surface area (Å²) in [6.45, 7) is 4.58. The topological polar surface area (TPSA) is 26.3 Å². The molecule has 0 amide bonds. The second-order valence-electron chi connectivity index (χ2n) is 4.93. The Kier molecular flexibility index (Phi) is 14.4. The van der Waals surface area contributed by atoms with E-state index in [0.29, 0.717) is 13.0 Å². The van der Waals surface area contributed by atoms with Crippen LogP contribution in [-0.4, -0.2) is 18.8 Å². The Morgan fingerprint density at radius 3 is 2.20 bits per heavy atom. The number of rotatable bonds is 12. The Morgan fingerprint density at radius 2 is 1.65 bits per heavy atom. The summed E-state index contributed by atoms with van der Waals surface area (Å²) < 4.78 is 6.30. The fraction of sp³-hybridized carbons (Fsp3) is 0.812. The van der Waals surface area contributed by atoms with E-state index in [0.717, 1.165) is 6.42 Å². The first-order valence-corrected chi connectivity index (χ1v) is 10.0. The number of hydrogen-bond donors (Lipinski definition) is 0. The monoisotopic (exact) mass is 412 g/mol. The van der Waals surface area contributed by atoms with E-state index in [-0.39, 0.29) is 5.97 Å². The van der Waals surface area contributed by atoms with E-state index in [4.69, 9.17) is 4.74 Å². The van der Waals surface area contributed by atoms with Gasteiger partial charge in [0.1, 0.15) is 0 Å². The minimum Gasteiger partial charge on any atom is -0.466 e. The summed E-state index contributed by atoms with van der Waals surface area (Å²) in [4.78, 5) is 11.6. The Morgan fingerprint density at radius 1 is 1.05 bits per heavy atom. The number of halogens is 1. The summed E-state index contributed by atoms with van der Waals surface area (Å²) in [5.74, 6) is -0.0892. The average molecular weight is 412 g/mol. The van der Waals surface area contributed by atoms with Crippen molar-refractivity contribution in [3.8, 4) is 0 Å². The number of ether oxygens (including phenoxy) is 1. The Hall–Kier alpha value is 0.290. The molecule has 0 saturated carbocycles. The van der Waals surface area contributed by atoms with Gasteiger partial charge < -0.3 is 4.74 Å². The summed E-state index contributed by atoms with van der Waals surface area (Å²) >= 11 is 4.07. The molecule has 0 fully saturated rings. The van der Waals surface area contributed by atoms with Crippen LogP contribution in [0.3, 0.4) is 0 Å². The highest BCUT2D eigenvalue weighted by Gasteiger charge is 2.10. The normalized spacial score (nSPS) is 12.2. The number of unbranched alkanes of at least 4 members (excludes halogenated alkanes) is 6. The van der Waals surface area contributed by atoms with Crippen LogP contribution in [0.4, 0.5) is 0 Å².